The number of aromatic nitrogens is 1. The molecule has 1 saturated heterocycles. The molecular weight excluding hydrogens is 578 g/mol. The van der Waals surface area contributed by atoms with Crippen molar-refractivity contribution in [1.82, 2.24) is 4.98 Å². The van der Waals surface area contributed by atoms with E-state index in [9.17, 15) is 19.2 Å². The van der Waals surface area contributed by atoms with E-state index in [1.54, 1.807) is 87.0 Å². The number of hydrogen-bond acceptors (Lipinski definition) is 9. The fraction of sp³-hybridized carbons (Fsp3) is 0.200. The number of para-hydroxylation sites is 1. The molecule has 42 heavy (non-hydrogen) atoms. The molecule has 1 aromatic heterocycles. The highest BCUT2D eigenvalue weighted by Crippen LogP contribution is 2.54. The van der Waals surface area contributed by atoms with Crippen LogP contribution in [0.15, 0.2) is 82.6 Å². The van der Waals surface area contributed by atoms with Crippen LogP contribution in [0, 0.1) is 5.92 Å². The molecule has 3 aromatic carbocycles. The van der Waals surface area contributed by atoms with Gasteiger partial charge in [-0.05, 0) is 54.6 Å². The van der Waals surface area contributed by atoms with Crippen LogP contribution in [0.5, 0.6) is 17.2 Å². The number of imide groups is 1. The average molecular weight is 604 g/mol. The lowest BCUT2D eigenvalue weighted by Gasteiger charge is -2.30. The maximum Gasteiger partial charge on any atom is 0.305 e. The summed E-state index contributed by atoms with van der Waals surface area (Å²) in [5.74, 6) is -0.892. The summed E-state index contributed by atoms with van der Waals surface area (Å²) in [6, 6.07) is 20.7. The molecular formula is C30H25N3O7S2. The molecule has 6 rings (SSSR count). The van der Waals surface area contributed by atoms with Crippen molar-refractivity contribution in [2.75, 3.05) is 31.0 Å². The van der Waals surface area contributed by atoms with Gasteiger partial charge in [-0.15, -0.1) is 0 Å². The van der Waals surface area contributed by atoms with Crippen LogP contribution in [0.3, 0.4) is 0 Å². The number of amides is 3. The Morgan fingerprint density at radius 1 is 0.905 bits per heavy atom. The van der Waals surface area contributed by atoms with Gasteiger partial charge in [0.05, 0.1) is 30.9 Å². The molecule has 4 aromatic rings. The lowest BCUT2D eigenvalue weighted by Crippen LogP contribution is -2.32. The van der Waals surface area contributed by atoms with E-state index in [-0.39, 0.29) is 29.2 Å². The molecule has 0 radical (unpaired) electrons. The highest BCUT2D eigenvalue weighted by atomic mass is 32.2. The summed E-state index contributed by atoms with van der Waals surface area (Å²) in [6.45, 7) is -0.292. The molecule has 0 unspecified atom stereocenters. The number of nitrogens with one attached hydrogen (secondary N) is 2. The first-order chi connectivity index (χ1) is 20.4. The molecule has 2 aliphatic heterocycles. The highest BCUT2D eigenvalue weighted by Gasteiger charge is 2.56. The lowest BCUT2D eigenvalue weighted by molar-refractivity contribution is -0.122. The Bertz CT molecular complexity index is 1720. The number of anilines is 2. The molecule has 10 nitrogen and oxygen atoms in total. The molecule has 3 amide bonds. The summed E-state index contributed by atoms with van der Waals surface area (Å²) in [5.41, 5.74) is 1.63. The first-order valence-electron chi connectivity index (χ1n) is 12.9. The third kappa shape index (κ3) is 5.03. The van der Waals surface area contributed by atoms with E-state index in [0.717, 1.165) is 11.3 Å². The predicted octanol–water partition coefficient (Wildman–Crippen LogP) is 4.27. The normalized spacial score (nSPS) is 19.2. The van der Waals surface area contributed by atoms with E-state index < -0.39 is 17.1 Å². The predicted molar refractivity (Wildman–Crippen MR) is 159 cm³/mol. The van der Waals surface area contributed by atoms with Gasteiger partial charge in [0.1, 0.15) is 22.5 Å². The molecule has 3 heterocycles. The van der Waals surface area contributed by atoms with E-state index in [2.05, 4.69) is 10.3 Å². The molecule has 0 bridgehead atoms. The Hall–Kier alpha value is -4.55. The summed E-state index contributed by atoms with van der Waals surface area (Å²) in [7, 11) is 3.10. The molecule has 2 N–H and O–H groups in total. The number of carbonyl (C=O) groups excluding carboxylic acids is 3. The van der Waals surface area contributed by atoms with Crippen molar-refractivity contribution in [2.45, 2.75) is 16.2 Å². The number of thiazole rings is 1. The molecule has 0 saturated carbocycles. The second kappa shape index (κ2) is 11.4. The Morgan fingerprint density at radius 2 is 1.57 bits per heavy atom. The summed E-state index contributed by atoms with van der Waals surface area (Å²) < 4.78 is 16.4. The van der Waals surface area contributed by atoms with Gasteiger partial charge in [0, 0.05) is 22.0 Å². The number of nitrogens with zero attached hydrogens (tertiary/aromatic N) is 1. The number of ether oxygens (including phenoxy) is 3. The summed E-state index contributed by atoms with van der Waals surface area (Å²) in [4.78, 5) is 57.3. The van der Waals surface area contributed by atoms with Crippen molar-refractivity contribution >= 4 is 52.2 Å². The van der Waals surface area contributed by atoms with E-state index in [1.165, 1.54) is 16.7 Å². The molecule has 1 fully saturated rings. The second-order valence-corrected chi connectivity index (χ2v) is 11.7. The smallest absolute Gasteiger partial charge is 0.305 e. The number of thioether (sulfide) groups is 1. The van der Waals surface area contributed by atoms with Gasteiger partial charge in [-0.2, -0.15) is 0 Å². The maximum atomic E-state index is 14.0. The number of hydrogen-bond donors (Lipinski definition) is 2. The third-order valence-corrected chi connectivity index (χ3v) is 9.54. The standard InChI is InChI=1S/C30H25N3O7S2/c1-38-18-11-7-16(8-12-18)31-22(34)15-40-21-6-4-3-5-20(21)23-24-26(41-27-25(23)42-30(37)32-27)29(36)33(28(24)35)17-9-13-19(39-2)14-10-17/h3-14,23-24,26H,15H2,1-2H3,(H,31,34)(H,32,37)/t23-,24-,26+/m0/s1. The van der Waals surface area contributed by atoms with E-state index >= 15 is 0 Å². The fourth-order valence-electron chi connectivity index (χ4n) is 5.22. The van der Waals surface area contributed by atoms with Crippen LogP contribution in [-0.2, 0) is 14.4 Å². The van der Waals surface area contributed by atoms with Crippen LogP contribution in [0.25, 0.3) is 0 Å². The van der Waals surface area contributed by atoms with Gasteiger partial charge in [0.15, 0.2) is 6.61 Å². The first kappa shape index (κ1) is 27.6. The number of methoxy groups -OCH3 is 2. The Kier molecular flexibility index (Phi) is 7.48. The number of fused-ring (bicyclic) bond motifs is 2. The Balaban J connectivity index is 1.31. The Labute approximate surface area is 248 Å². The topological polar surface area (TPSA) is 127 Å². The van der Waals surface area contributed by atoms with Crippen LogP contribution < -0.4 is 29.3 Å². The van der Waals surface area contributed by atoms with Gasteiger partial charge < -0.3 is 24.5 Å². The lowest BCUT2D eigenvalue weighted by atomic mass is 9.82. The summed E-state index contributed by atoms with van der Waals surface area (Å²) >= 11 is 2.21. The van der Waals surface area contributed by atoms with Crippen LogP contribution in [0.4, 0.5) is 11.4 Å². The van der Waals surface area contributed by atoms with Crippen LogP contribution in [0.1, 0.15) is 16.4 Å². The van der Waals surface area contributed by atoms with Gasteiger partial charge in [-0.1, -0.05) is 41.3 Å². The van der Waals surface area contributed by atoms with E-state index in [1.807, 2.05) is 0 Å². The van der Waals surface area contributed by atoms with Crippen LogP contribution in [-0.4, -0.2) is 48.8 Å². The highest BCUT2D eigenvalue weighted by molar-refractivity contribution is 8.00. The van der Waals surface area contributed by atoms with Gasteiger partial charge in [-0.3, -0.25) is 19.2 Å². The van der Waals surface area contributed by atoms with Crippen molar-refractivity contribution in [3.05, 3.63) is 92.9 Å². The van der Waals surface area contributed by atoms with Crippen molar-refractivity contribution < 1.29 is 28.6 Å². The number of rotatable bonds is 8. The minimum atomic E-state index is -0.790. The van der Waals surface area contributed by atoms with Gasteiger partial charge in [-0.25, -0.2) is 4.90 Å². The summed E-state index contributed by atoms with van der Waals surface area (Å²) in [5, 5.41) is 2.58. The fourth-order valence-corrected chi connectivity index (χ4v) is 7.73. The van der Waals surface area contributed by atoms with E-state index in [0.29, 0.717) is 44.1 Å². The maximum absolute atomic E-state index is 14.0. The monoisotopic (exact) mass is 603 g/mol. The third-order valence-electron chi connectivity index (χ3n) is 7.14. The van der Waals surface area contributed by atoms with Crippen molar-refractivity contribution in [3.8, 4) is 17.2 Å². The molecule has 0 aliphatic carbocycles. The van der Waals surface area contributed by atoms with Crippen molar-refractivity contribution in [3.63, 3.8) is 0 Å². The zero-order chi connectivity index (χ0) is 29.4. The first-order valence-corrected chi connectivity index (χ1v) is 14.6. The average Bonchev–Trinajstić information content (AvgIpc) is 3.50. The van der Waals surface area contributed by atoms with E-state index in [4.69, 9.17) is 14.2 Å². The SMILES string of the molecule is COc1ccc(NC(=O)COc2ccccc2[C@@H]2c3sc(=O)[nH]c3S[C@H]3C(=O)N(c4ccc(OC)cc4)C(=O)[C@@H]23)cc1. The number of H-pyrrole nitrogens is 1. The molecule has 3 atom stereocenters. The second-order valence-electron chi connectivity index (χ2n) is 9.56. The molecule has 0 spiro atoms. The van der Waals surface area contributed by atoms with Crippen molar-refractivity contribution in [2.24, 2.45) is 5.92 Å². The zero-order valence-electron chi connectivity index (χ0n) is 22.5. The minimum absolute atomic E-state index is 0.276. The van der Waals surface area contributed by atoms with Crippen LogP contribution >= 0.6 is 23.1 Å². The number of aromatic amines is 1. The zero-order valence-corrected chi connectivity index (χ0v) is 24.1. The quantitative estimate of drug-likeness (QED) is 0.286. The number of benzene rings is 3. The van der Waals surface area contributed by atoms with Crippen molar-refractivity contribution in [1.29, 1.82) is 0 Å². The summed E-state index contributed by atoms with van der Waals surface area (Å²) in [6.07, 6.45) is 0. The van der Waals surface area contributed by atoms with Gasteiger partial charge in [0.25, 0.3) is 5.91 Å². The largest absolute Gasteiger partial charge is 0.497 e. The number of carbonyl (C=O) groups is 3. The van der Waals surface area contributed by atoms with Crippen LogP contribution in [0.2, 0.25) is 0 Å². The molecule has 2 aliphatic rings. The van der Waals surface area contributed by atoms with Gasteiger partial charge in [0.2, 0.25) is 11.8 Å². The van der Waals surface area contributed by atoms with Gasteiger partial charge >= 0.3 is 4.87 Å². The molecule has 12 heteroatoms. The Morgan fingerprint density at radius 3 is 2.26 bits per heavy atom. The molecule has 214 valence electrons. The minimum Gasteiger partial charge on any atom is -0.497 e.